The molecule has 5 atom stereocenters. The van der Waals surface area contributed by atoms with E-state index in [0.29, 0.717) is 29.9 Å². The third kappa shape index (κ3) is 6.36. The molecule has 0 radical (unpaired) electrons. The molecule has 0 bridgehead atoms. The van der Waals surface area contributed by atoms with E-state index < -0.39 is 16.8 Å². The average molecular weight is 463 g/mol. The van der Waals surface area contributed by atoms with Gasteiger partial charge in [0.05, 0.1) is 5.60 Å². The third-order valence-corrected chi connectivity index (χ3v) is 8.54. The van der Waals surface area contributed by atoms with Crippen LogP contribution in [0, 0.1) is 17.8 Å². The molecule has 0 aromatic carbocycles. The Hall–Kier alpha value is -1.00. The number of ether oxygens (including phenoxy) is 1. The van der Waals surface area contributed by atoms with Crippen molar-refractivity contribution in [3.8, 4) is 0 Å². The van der Waals surface area contributed by atoms with Crippen LogP contribution in [0.4, 0.5) is 0 Å². The Morgan fingerprint density at radius 3 is 1.82 bits per heavy atom. The van der Waals surface area contributed by atoms with Crippen molar-refractivity contribution in [2.45, 2.75) is 143 Å². The minimum atomic E-state index is -1.80. The SMILES string of the molecule is CC1=C(C)C(=O)C2(CCC(C)(CCCC(C)CCCC(C)CCCC(C)C)O2)C(C)(O)C1=O. The summed E-state index contributed by atoms with van der Waals surface area (Å²) in [5, 5.41) is 11.1. The Balaban J connectivity index is 1.80. The number of aliphatic hydroxyl groups is 1. The van der Waals surface area contributed by atoms with Crippen molar-refractivity contribution in [1.29, 1.82) is 0 Å². The zero-order valence-corrected chi connectivity index (χ0v) is 22.7. The predicted molar refractivity (Wildman–Crippen MR) is 135 cm³/mol. The van der Waals surface area contributed by atoms with E-state index in [0.717, 1.165) is 31.1 Å². The fraction of sp³-hybridized carbons (Fsp3) is 0.862. The second-order valence-corrected chi connectivity index (χ2v) is 12.2. The monoisotopic (exact) mass is 462 g/mol. The highest BCUT2D eigenvalue weighted by Gasteiger charge is 2.66. The van der Waals surface area contributed by atoms with E-state index >= 15 is 0 Å². The molecule has 1 aliphatic carbocycles. The highest BCUT2D eigenvalue weighted by Crippen LogP contribution is 2.50. The second kappa shape index (κ2) is 11.2. The zero-order valence-electron chi connectivity index (χ0n) is 22.7. The van der Waals surface area contributed by atoms with Crippen LogP contribution in [-0.4, -0.2) is 33.5 Å². The lowest BCUT2D eigenvalue weighted by atomic mass is 9.67. The number of rotatable bonds is 12. The Morgan fingerprint density at radius 2 is 1.27 bits per heavy atom. The molecule has 0 aromatic rings. The Labute approximate surface area is 202 Å². The van der Waals surface area contributed by atoms with Crippen molar-refractivity contribution in [3.05, 3.63) is 11.1 Å². The van der Waals surface area contributed by atoms with Gasteiger partial charge in [0.2, 0.25) is 0 Å². The molecule has 1 N–H and O–H groups in total. The van der Waals surface area contributed by atoms with Gasteiger partial charge in [0, 0.05) is 11.1 Å². The number of carbonyl (C=O) groups is 2. The number of Topliss-reactive ketones (excluding diaryl/α,β-unsaturated/α-hetero) is 2. The van der Waals surface area contributed by atoms with Gasteiger partial charge in [-0.15, -0.1) is 0 Å². The van der Waals surface area contributed by atoms with Crippen molar-refractivity contribution in [2.24, 2.45) is 17.8 Å². The lowest BCUT2D eigenvalue weighted by Gasteiger charge is -2.44. The average Bonchev–Trinajstić information content (AvgIpc) is 3.09. The lowest BCUT2D eigenvalue weighted by molar-refractivity contribution is -0.199. The minimum absolute atomic E-state index is 0.218. The quantitative estimate of drug-likeness (QED) is 0.340. The van der Waals surface area contributed by atoms with Crippen LogP contribution in [0.1, 0.15) is 126 Å². The Morgan fingerprint density at radius 1 is 0.788 bits per heavy atom. The van der Waals surface area contributed by atoms with Gasteiger partial charge in [-0.2, -0.15) is 0 Å². The van der Waals surface area contributed by atoms with E-state index in [9.17, 15) is 14.7 Å². The van der Waals surface area contributed by atoms with Crippen LogP contribution in [-0.2, 0) is 14.3 Å². The zero-order chi connectivity index (χ0) is 25.0. The maximum atomic E-state index is 13.2. The molecule has 33 heavy (non-hydrogen) atoms. The molecule has 1 spiro atoms. The fourth-order valence-corrected chi connectivity index (χ4v) is 5.86. The van der Waals surface area contributed by atoms with Gasteiger partial charge in [-0.05, 0) is 64.7 Å². The first kappa shape index (κ1) is 28.2. The minimum Gasteiger partial charge on any atom is -0.378 e. The van der Waals surface area contributed by atoms with Crippen molar-refractivity contribution in [2.75, 3.05) is 0 Å². The molecule has 1 saturated heterocycles. The van der Waals surface area contributed by atoms with E-state index in [1.54, 1.807) is 13.8 Å². The fourth-order valence-electron chi connectivity index (χ4n) is 5.86. The summed E-state index contributed by atoms with van der Waals surface area (Å²) in [5.41, 5.74) is -2.92. The smallest absolute Gasteiger partial charge is 0.194 e. The summed E-state index contributed by atoms with van der Waals surface area (Å²) in [7, 11) is 0. The first-order valence-corrected chi connectivity index (χ1v) is 13.5. The summed E-state index contributed by atoms with van der Waals surface area (Å²) < 4.78 is 6.39. The van der Waals surface area contributed by atoms with Gasteiger partial charge in [0.25, 0.3) is 0 Å². The molecule has 2 aliphatic rings. The molecule has 1 heterocycles. The number of hydrogen-bond donors (Lipinski definition) is 1. The Kier molecular flexibility index (Phi) is 9.55. The molecular weight excluding hydrogens is 412 g/mol. The normalized spacial score (nSPS) is 32.3. The topological polar surface area (TPSA) is 63.6 Å². The molecule has 1 fully saturated rings. The largest absolute Gasteiger partial charge is 0.378 e. The highest BCUT2D eigenvalue weighted by atomic mass is 16.6. The van der Waals surface area contributed by atoms with Crippen molar-refractivity contribution >= 4 is 11.6 Å². The van der Waals surface area contributed by atoms with Crippen LogP contribution in [0.3, 0.4) is 0 Å². The van der Waals surface area contributed by atoms with E-state index in [1.165, 1.54) is 45.4 Å². The van der Waals surface area contributed by atoms with Gasteiger partial charge in [0.15, 0.2) is 22.8 Å². The molecule has 2 rings (SSSR count). The molecule has 190 valence electrons. The maximum absolute atomic E-state index is 13.2. The van der Waals surface area contributed by atoms with Crippen LogP contribution in [0.25, 0.3) is 0 Å². The summed E-state index contributed by atoms with van der Waals surface area (Å²) >= 11 is 0. The number of ketones is 2. The summed E-state index contributed by atoms with van der Waals surface area (Å²) in [4.78, 5) is 25.9. The lowest BCUT2D eigenvalue weighted by Crippen LogP contribution is -2.65. The first-order chi connectivity index (χ1) is 15.3. The standard InChI is InChI=1S/C29H50O4/c1-20(2)12-9-13-21(3)14-10-15-22(4)16-11-17-27(7)18-19-29(33-27)26(31)24(6)23(5)25(30)28(29,8)32/h20-22,32H,9-19H2,1-8H3. The summed E-state index contributed by atoms with van der Waals surface area (Å²) in [5.74, 6) is 1.72. The van der Waals surface area contributed by atoms with Gasteiger partial charge < -0.3 is 9.84 Å². The molecule has 5 unspecified atom stereocenters. The molecule has 1 aliphatic heterocycles. The first-order valence-electron chi connectivity index (χ1n) is 13.5. The van der Waals surface area contributed by atoms with Gasteiger partial charge >= 0.3 is 0 Å². The van der Waals surface area contributed by atoms with Gasteiger partial charge in [0.1, 0.15) is 0 Å². The van der Waals surface area contributed by atoms with Crippen LogP contribution >= 0.6 is 0 Å². The van der Waals surface area contributed by atoms with Gasteiger partial charge in [-0.25, -0.2) is 0 Å². The molecule has 0 aromatic heterocycles. The van der Waals surface area contributed by atoms with Gasteiger partial charge in [-0.3, -0.25) is 9.59 Å². The van der Waals surface area contributed by atoms with Crippen molar-refractivity contribution in [1.82, 2.24) is 0 Å². The van der Waals surface area contributed by atoms with Crippen molar-refractivity contribution < 1.29 is 19.4 Å². The number of hydrogen-bond acceptors (Lipinski definition) is 4. The maximum Gasteiger partial charge on any atom is 0.194 e. The third-order valence-electron chi connectivity index (χ3n) is 8.54. The van der Waals surface area contributed by atoms with E-state index in [4.69, 9.17) is 4.74 Å². The summed E-state index contributed by atoms with van der Waals surface area (Å²) in [6, 6.07) is 0. The molecule has 4 nitrogen and oxygen atoms in total. The molecule has 0 saturated carbocycles. The van der Waals surface area contributed by atoms with Crippen LogP contribution in [0.15, 0.2) is 11.1 Å². The number of carbonyl (C=O) groups excluding carboxylic acids is 2. The van der Waals surface area contributed by atoms with Gasteiger partial charge in [-0.1, -0.05) is 79.1 Å². The second-order valence-electron chi connectivity index (χ2n) is 12.2. The highest BCUT2D eigenvalue weighted by molar-refractivity contribution is 6.19. The summed E-state index contributed by atoms with van der Waals surface area (Å²) in [6.07, 6.45) is 12.1. The van der Waals surface area contributed by atoms with Crippen LogP contribution in [0.2, 0.25) is 0 Å². The van der Waals surface area contributed by atoms with E-state index in [2.05, 4.69) is 27.7 Å². The molecule has 4 heteroatoms. The Bertz CT molecular complexity index is 734. The van der Waals surface area contributed by atoms with Crippen LogP contribution in [0.5, 0.6) is 0 Å². The molecular formula is C29H50O4. The van der Waals surface area contributed by atoms with E-state index in [1.807, 2.05) is 6.92 Å². The summed E-state index contributed by atoms with van der Waals surface area (Å²) in [6.45, 7) is 16.1. The van der Waals surface area contributed by atoms with Crippen molar-refractivity contribution in [3.63, 3.8) is 0 Å². The predicted octanol–water partition coefficient (Wildman–Crippen LogP) is 6.97. The van der Waals surface area contributed by atoms with E-state index in [-0.39, 0.29) is 11.6 Å². The molecule has 0 amide bonds. The van der Waals surface area contributed by atoms with Crippen LogP contribution < -0.4 is 0 Å².